The lowest BCUT2D eigenvalue weighted by molar-refractivity contribution is 0.574. The lowest BCUT2D eigenvalue weighted by atomic mass is 10.1. The predicted octanol–water partition coefficient (Wildman–Crippen LogP) is 3.08. The molecule has 1 aliphatic heterocycles. The number of aromatic amines is 1. The molecule has 0 amide bonds. The van der Waals surface area contributed by atoms with Crippen molar-refractivity contribution >= 4 is 13.8 Å². The second-order valence-electron chi connectivity index (χ2n) is 4.55. The van der Waals surface area contributed by atoms with Gasteiger partial charge >= 0.3 is 7.69 Å². The summed E-state index contributed by atoms with van der Waals surface area (Å²) in [6.07, 6.45) is 4.02. The van der Waals surface area contributed by atoms with Gasteiger partial charge in [-0.1, -0.05) is 13.8 Å². The molecular weight excluding hydrogens is 202 g/mol. The van der Waals surface area contributed by atoms with Crippen molar-refractivity contribution in [2.24, 2.45) is 0 Å². The highest BCUT2D eigenvalue weighted by atomic mass is 19.1. The van der Waals surface area contributed by atoms with Gasteiger partial charge in [0.05, 0.1) is 0 Å². The third-order valence-electron chi connectivity index (χ3n) is 2.99. The second kappa shape index (κ2) is 4.77. The lowest BCUT2D eigenvalue weighted by Crippen LogP contribution is -2.18. The van der Waals surface area contributed by atoms with E-state index >= 15 is 0 Å². The van der Waals surface area contributed by atoms with Crippen LogP contribution in [-0.2, 0) is 0 Å². The predicted molar refractivity (Wildman–Crippen MR) is 65.7 cm³/mol. The van der Waals surface area contributed by atoms with E-state index in [4.69, 9.17) is 0 Å². The van der Waals surface area contributed by atoms with Gasteiger partial charge < -0.3 is 14.1 Å². The van der Waals surface area contributed by atoms with Crippen LogP contribution in [0.3, 0.4) is 0 Å². The van der Waals surface area contributed by atoms with Crippen molar-refractivity contribution in [2.75, 3.05) is 6.54 Å². The summed E-state index contributed by atoms with van der Waals surface area (Å²) < 4.78 is 12.5. The maximum absolute atomic E-state index is 12.5. The highest BCUT2D eigenvalue weighted by Crippen LogP contribution is 2.23. The van der Waals surface area contributed by atoms with Crippen molar-refractivity contribution < 1.29 is 4.32 Å². The summed E-state index contributed by atoms with van der Waals surface area (Å²) in [5, 5.41) is 0. The van der Waals surface area contributed by atoms with Crippen LogP contribution in [0.1, 0.15) is 44.0 Å². The molecule has 1 radical (unpaired) electrons. The molecule has 2 heterocycles. The minimum Gasteiger partial charge on any atom is -0.392 e. The Morgan fingerprint density at radius 1 is 1.50 bits per heavy atom. The van der Waals surface area contributed by atoms with Crippen LogP contribution in [0.5, 0.6) is 0 Å². The van der Waals surface area contributed by atoms with Gasteiger partial charge in [0, 0.05) is 23.6 Å². The van der Waals surface area contributed by atoms with Gasteiger partial charge in [-0.25, -0.2) is 0 Å². The largest absolute Gasteiger partial charge is 0.490 e. The zero-order valence-corrected chi connectivity index (χ0v) is 9.83. The van der Waals surface area contributed by atoms with Crippen LogP contribution in [-0.4, -0.2) is 24.0 Å². The van der Waals surface area contributed by atoms with E-state index in [1.165, 1.54) is 5.69 Å². The van der Waals surface area contributed by atoms with Gasteiger partial charge in [-0.3, -0.25) is 0 Å². The van der Waals surface area contributed by atoms with Crippen molar-refractivity contribution in [3.8, 4) is 0 Å². The zero-order chi connectivity index (χ0) is 11.5. The Morgan fingerprint density at radius 2 is 2.31 bits per heavy atom. The molecule has 1 aromatic heterocycles. The minimum atomic E-state index is 0.500. The van der Waals surface area contributed by atoms with E-state index < -0.39 is 0 Å². The molecule has 85 valence electrons. The van der Waals surface area contributed by atoms with Gasteiger partial charge in [0.15, 0.2) is 0 Å². The van der Waals surface area contributed by atoms with E-state index in [9.17, 15) is 4.32 Å². The monoisotopic (exact) mass is 219 g/mol. The topological polar surface area (TPSA) is 19.0 Å². The average Bonchev–Trinajstić information content (AvgIpc) is 2.87. The highest BCUT2D eigenvalue weighted by molar-refractivity contribution is 6.23. The number of hydrogen-bond donors (Lipinski definition) is 1. The molecule has 0 atom stereocenters. The number of nitrogens with one attached hydrogen (secondary N) is 1. The van der Waals surface area contributed by atoms with Gasteiger partial charge in [0.1, 0.15) is 0 Å². The van der Waals surface area contributed by atoms with Crippen molar-refractivity contribution in [1.82, 2.24) is 9.79 Å². The molecule has 1 saturated heterocycles. The summed E-state index contributed by atoms with van der Waals surface area (Å²) in [6, 6.07) is 4.15. The van der Waals surface area contributed by atoms with Crippen LogP contribution in [0, 0.1) is 0 Å². The van der Waals surface area contributed by atoms with E-state index in [0.717, 1.165) is 30.8 Å². The number of allylic oxidation sites excluding steroid dienone is 1. The lowest BCUT2D eigenvalue weighted by Gasteiger charge is -2.13. The van der Waals surface area contributed by atoms with Crippen LogP contribution < -0.4 is 0 Å². The fraction of sp³-hybridized carbons (Fsp3) is 0.500. The van der Waals surface area contributed by atoms with Crippen molar-refractivity contribution in [1.29, 1.82) is 0 Å². The third kappa shape index (κ3) is 2.31. The maximum Gasteiger partial charge on any atom is 0.490 e. The molecule has 1 N–H and O–H groups in total. The first-order valence-corrected chi connectivity index (χ1v) is 5.80. The Bertz CT molecular complexity index is 384. The van der Waals surface area contributed by atoms with Crippen molar-refractivity contribution in [3.63, 3.8) is 0 Å². The summed E-state index contributed by atoms with van der Waals surface area (Å²) in [4.78, 5) is 5.02. The summed E-state index contributed by atoms with van der Waals surface area (Å²) >= 11 is 0. The Balaban J connectivity index is 2.15. The van der Waals surface area contributed by atoms with Gasteiger partial charge in [-0.2, -0.15) is 0 Å². The van der Waals surface area contributed by atoms with Gasteiger partial charge in [-0.15, -0.1) is 0 Å². The first kappa shape index (κ1) is 11.3. The SMILES string of the molecule is CC(C)c1ccc(/C=C2/CCCN2[B]F)[nH]1. The fourth-order valence-corrected chi connectivity index (χ4v) is 2.01. The molecule has 0 unspecified atom stereocenters. The summed E-state index contributed by atoms with van der Waals surface area (Å²) in [5.74, 6) is 0.500. The molecule has 0 aliphatic carbocycles. The number of halogens is 1. The number of rotatable bonds is 3. The van der Waals surface area contributed by atoms with E-state index in [1.807, 2.05) is 6.08 Å². The molecule has 2 nitrogen and oxygen atoms in total. The van der Waals surface area contributed by atoms with Crippen molar-refractivity contribution in [2.45, 2.75) is 32.6 Å². The molecule has 1 aromatic rings. The van der Waals surface area contributed by atoms with Crippen LogP contribution in [0.4, 0.5) is 4.32 Å². The highest BCUT2D eigenvalue weighted by Gasteiger charge is 2.18. The first-order valence-electron chi connectivity index (χ1n) is 5.80. The van der Waals surface area contributed by atoms with Gasteiger partial charge in [0.25, 0.3) is 0 Å². The average molecular weight is 219 g/mol. The molecule has 2 rings (SSSR count). The number of nitrogens with zero attached hydrogens (tertiary/aromatic N) is 1. The Morgan fingerprint density at radius 3 is 2.94 bits per heavy atom. The number of hydrogen-bond acceptors (Lipinski definition) is 1. The van der Waals surface area contributed by atoms with Gasteiger partial charge in [0.2, 0.25) is 0 Å². The first-order chi connectivity index (χ1) is 7.70. The number of H-pyrrole nitrogens is 1. The van der Waals surface area contributed by atoms with E-state index in [-0.39, 0.29) is 0 Å². The summed E-state index contributed by atoms with van der Waals surface area (Å²) in [5.41, 5.74) is 3.34. The summed E-state index contributed by atoms with van der Waals surface area (Å²) in [7, 11) is 0.672. The fourth-order valence-electron chi connectivity index (χ4n) is 2.01. The molecule has 0 spiro atoms. The smallest absolute Gasteiger partial charge is 0.392 e. The van der Waals surface area contributed by atoms with E-state index in [2.05, 4.69) is 31.0 Å². The van der Waals surface area contributed by atoms with Crippen molar-refractivity contribution in [3.05, 3.63) is 29.2 Å². The van der Waals surface area contributed by atoms with Crippen LogP contribution in [0.25, 0.3) is 6.08 Å². The molecule has 0 aromatic carbocycles. The minimum absolute atomic E-state index is 0.500. The third-order valence-corrected chi connectivity index (χ3v) is 2.99. The molecule has 4 heteroatoms. The Labute approximate surface area is 96.8 Å². The molecular formula is C12H17BFN2. The second-order valence-corrected chi connectivity index (χ2v) is 4.55. The zero-order valence-electron chi connectivity index (χ0n) is 9.83. The summed E-state index contributed by atoms with van der Waals surface area (Å²) in [6.45, 7) is 5.10. The standard InChI is InChI=1S/C12H17BFN2/c1-9(2)12-6-5-10(15-12)8-11-4-3-7-16(11)13-14/h5-6,8-9,15H,3-4,7H2,1-2H3/b11-8-. The Kier molecular flexibility index (Phi) is 3.37. The van der Waals surface area contributed by atoms with Crippen LogP contribution in [0.15, 0.2) is 17.8 Å². The normalized spacial score (nSPS) is 18.8. The van der Waals surface area contributed by atoms with Crippen LogP contribution in [0.2, 0.25) is 0 Å². The van der Waals surface area contributed by atoms with Crippen LogP contribution >= 0.6 is 0 Å². The maximum atomic E-state index is 12.5. The van der Waals surface area contributed by atoms with E-state index in [0.29, 0.717) is 13.6 Å². The quantitative estimate of drug-likeness (QED) is 0.774. The molecule has 0 saturated carbocycles. The molecule has 0 bridgehead atoms. The number of aromatic nitrogens is 1. The molecule has 16 heavy (non-hydrogen) atoms. The van der Waals surface area contributed by atoms with E-state index in [1.54, 1.807) is 4.81 Å². The molecule has 1 fully saturated rings. The van der Waals surface area contributed by atoms with Gasteiger partial charge in [-0.05, 0) is 37.0 Å². The molecule has 1 aliphatic rings. The Hall–Kier alpha value is -1.19.